The van der Waals surface area contributed by atoms with Crippen LogP contribution in [-0.4, -0.2) is 51.8 Å². The van der Waals surface area contributed by atoms with Gasteiger partial charge in [-0.05, 0) is 25.0 Å². The van der Waals surface area contributed by atoms with Crippen molar-refractivity contribution in [1.82, 2.24) is 14.8 Å². The first kappa shape index (κ1) is 20.0. The normalized spacial score (nSPS) is 18.6. The number of nitrogens with zero attached hydrogens (tertiary/aromatic N) is 3. The number of nitrogens with one attached hydrogen (secondary N) is 1. The van der Waals surface area contributed by atoms with Gasteiger partial charge in [-0.1, -0.05) is 47.3 Å². The number of anilines is 1. The number of amides is 4. The molecule has 0 atom stereocenters. The Morgan fingerprint density at radius 1 is 1.28 bits per heavy atom. The molecule has 1 aliphatic carbocycles. The molecular formula is C20H21BrN4O3S. The van der Waals surface area contributed by atoms with Crippen LogP contribution in [0.5, 0.6) is 0 Å². The van der Waals surface area contributed by atoms with E-state index in [1.54, 1.807) is 7.05 Å². The van der Waals surface area contributed by atoms with Crippen LogP contribution in [0, 0.1) is 0 Å². The second-order valence-electron chi connectivity index (χ2n) is 7.42. The highest BCUT2D eigenvalue weighted by atomic mass is 79.9. The van der Waals surface area contributed by atoms with E-state index in [1.807, 2.05) is 29.6 Å². The highest BCUT2D eigenvalue weighted by Crippen LogP contribution is 2.39. The van der Waals surface area contributed by atoms with E-state index >= 15 is 0 Å². The van der Waals surface area contributed by atoms with Crippen LogP contribution in [0.15, 0.2) is 34.1 Å². The van der Waals surface area contributed by atoms with Gasteiger partial charge in [0.1, 0.15) is 12.1 Å². The molecule has 1 saturated carbocycles. The monoisotopic (exact) mass is 476 g/mol. The second kappa shape index (κ2) is 7.87. The number of benzene rings is 1. The fraction of sp³-hybridized carbons (Fsp3) is 0.400. The summed E-state index contributed by atoms with van der Waals surface area (Å²) in [5.74, 6) is -0.683. The van der Waals surface area contributed by atoms with Crippen molar-refractivity contribution in [3.8, 4) is 11.3 Å². The smallest absolute Gasteiger partial charge is 0.313 e. The van der Waals surface area contributed by atoms with E-state index in [9.17, 15) is 14.4 Å². The molecule has 152 valence electrons. The lowest BCUT2D eigenvalue weighted by molar-refractivity contribution is -0.136. The highest BCUT2D eigenvalue weighted by Gasteiger charge is 2.55. The van der Waals surface area contributed by atoms with Crippen molar-refractivity contribution in [3.05, 3.63) is 34.1 Å². The van der Waals surface area contributed by atoms with Crippen molar-refractivity contribution in [2.75, 3.05) is 18.9 Å². The van der Waals surface area contributed by atoms with E-state index in [1.165, 1.54) is 16.2 Å². The van der Waals surface area contributed by atoms with Crippen molar-refractivity contribution in [2.24, 2.45) is 0 Å². The van der Waals surface area contributed by atoms with Gasteiger partial charge in [0, 0.05) is 22.5 Å². The Kier molecular flexibility index (Phi) is 5.44. The van der Waals surface area contributed by atoms with E-state index in [4.69, 9.17) is 0 Å². The van der Waals surface area contributed by atoms with Gasteiger partial charge >= 0.3 is 6.03 Å². The summed E-state index contributed by atoms with van der Waals surface area (Å²) in [4.78, 5) is 45.2. The van der Waals surface area contributed by atoms with Crippen molar-refractivity contribution >= 4 is 50.2 Å². The molecule has 7 nitrogen and oxygen atoms in total. The van der Waals surface area contributed by atoms with E-state index < -0.39 is 17.5 Å². The van der Waals surface area contributed by atoms with Crippen LogP contribution in [0.2, 0.25) is 0 Å². The van der Waals surface area contributed by atoms with Gasteiger partial charge in [0.15, 0.2) is 5.13 Å². The maximum Gasteiger partial charge on any atom is 0.327 e. The minimum atomic E-state index is -0.773. The fourth-order valence-electron chi connectivity index (χ4n) is 4.09. The Balaban J connectivity index is 1.44. The highest BCUT2D eigenvalue weighted by molar-refractivity contribution is 9.10. The first-order valence-electron chi connectivity index (χ1n) is 9.52. The van der Waals surface area contributed by atoms with Crippen LogP contribution in [0.1, 0.15) is 32.1 Å². The van der Waals surface area contributed by atoms with Crippen LogP contribution >= 0.6 is 27.3 Å². The van der Waals surface area contributed by atoms with E-state index in [-0.39, 0.29) is 12.5 Å². The SMILES string of the molecule is CN1C(=O)N(CC(=O)Nc2nc(-c3cccc(Br)c3)cs2)C(=O)C12CCCCC2. The molecule has 2 heterocycles. The first-order valence-corrected chi connectivity index (χ1v) is 11.2. The Bertz CT molecular complexity index is 970. The van der Waals surface area contributed by atoms with E-state index in [2.05, 4.69) is 26.2 Å². The third-order valence-corrected chi connectivity index (χ3v) is 6.91. The Hall–Kier alpha value is -2.26. The molecule has 0 radical (unpaired) electrons. The van der Waals surface area contributed by atoms with Crippen LogP contribution in [-0.2, 0) is 9.59 Å². The molecule has 0 bridgehead atoms. The molecule has 1 saturated heterocycles. The predicted octanol–water partition coefficient (Wildman–Crippen LogP) is 4.11. The molecule has 1 spiro atoms. The number of halogens is 1. The summed E-state index contributed by atoms with van der Waals surface area (Å²) >= 11 is 4.74. The lowest BCUT2D eigenvalue weighted by atomic mass is 9.81. The zero-order chi connectivity index (χ0) is 20.6. The maximum absolute atomic E-state index is 13.0. The first-order chi connectivity index (χ1) is 13.9. The molecular weight excluding hydrogens is 456 g/mol. The van der Waals surface area contributed by atoms with Gasteiger partial charge in [0.25, 0.3) is 5.91 Å². The predicted molar refractivity (Wildman–Crippen MR) is 115 cm³/mol. The van der Waals surface area contributed by atoms with Crippen molar-refractivity contribution in [3.63, 3.8) is 0 Å². The van der Waals surface area contributed by atoms with Gasteiger partial charge < -0.3 is 10.2 Å². The number of rotatable bonds is 4. The number of thiazole rings is 1. The number of likely N-dealkylation sites (N-methyl/N-ethyl adjacent to an activating group) is 1. The third-order valence-electron chi connectivity index (χ3n) is 5.66. The number of imide groups is 1. The minimum absolute atomic E-state index is 0.256. The number of aromatic nitrogens is 1. The van der Waals surface area contributed by atoms with Crippen molar-refractivity contribution in [2.45, 2.75) is 37.6 Å². The molecule has 2 fully saturated rings. The van der Waals surface area contributed by atoms with Crippen molar-refractivity contribution < 1.29 is 14.4 Å². The van der Waals surface area contributed by atoms with Gasteiger partial charge in [0.05, 0.1) is 5.69 Å². The third kappa shape index (κ3) is 3.69. The molecule has 1 aromatic carbocycles. The van der Waals surface area contributed by atoms with Gasteiger partial charge in [-0.2, -0.15) is 0 Å². The van der Waals surface area contributed by atoms with Gasteiger partial charge in [-0.3, -0.25) is 14.5 Å². The lowest BCUT2D eigenvalue weighted by Crippen LogP contribution is -2.49. The van der Waals surface area contributed by atoms with Gasteiger partial charge in [-0.15, -0.1) is 11.3 Å². The Morgan fingerprint density at radius 3 is 2.76 bits per heavy atom. The molecule has 4 amide bonds. The van der Waals surface area contributed by atoms with Crippen LogP contribution in [0.4, 0.5) is 9.93 Å². The largest absolute Gasteiger partial charge is 0.327 e. The van der Waals surface area contributed by atoms with E-state index in [0.29, 0.717) is 18.0 Å². The Labute approximate surface area is 181 Å². The molecule has 1 aliphatic heterocycles. The average molecular weight is 477 g/mol. The lowest BCUT2D eigenvalue weighted by Gasteiger charge is -2.35. The number of hydrogen-bond acceptors (Lipinski definition) is 5. The zero-order valence-electron chi connectivity index (χ0n) is 16.0. The standard InChI is InChI=1S/C20H21BrN4O3S/c1-24-19(28)25(17(27)20(24)8-3-2-4-9-20)11-16(26)23-18-22-15(12-29-18)13-6-5-7-14(21)10-13/h5-7,10,12H,2-4,8-9,11H2,1H3,(H,22,23,26). The number of carbonyl (C=O) groups is 3. The number of carbonyl (C=O) groups excluding carboxylic acids is 3. The van der Waals surface area contributed by atoms with Gasteiger partial charge in [-0.25, -0.2) is 9.78 Å². The average Bonchev–Trinajstić information content (AvgIpc) is 3.24. The molecule has 4 rings (SSSR count). The summed E-state index contributed by atoms with van der Waals surface area (Å²) < 4.78 is 0.945. The number of urea groups is 1. The topological polar surface area (TPSA) is 82.6 Å². The number of hydrogen-bond donors (Lipinski definition) is 1. The van der Waals surface area contributed by atoms with Crippen LogP contribution in [0.25, 0.3) is 11.3 Å². The molecule has 2 aliphatic rings. The fourth-order valence-corrected chi connectivity index (χ4v) is 5.22. The van der Waals surface area contributed by atoms with Gasteiger partial charge in [0.2, 0.25) is 5.91 Å². The summed E-state index contributed by atoms with van der Waals surface area (Å²) in [5.41, 5.74) is 0.910. The summed E-state index contributed by atoms with van der Waals surface area (Å²) in [6, 6.07) is 7.33. The van der Waals surface area contributed by atoms with Crippen LogP contribution in [0.3, 0.4) is 0 Å². The second-order valence-corrected chi connectivity index (χ2v) is 9.20. The van der Waals surface area contributed by atoms with E-state index in [0.717, 1.165) is 39.9 Å². The maximum atomic E-state index is 13.0. The quantitative estimate of drug-likeness (QED) is 0.673. The zero-order valence-corrected chi connectivity index (χ0v) is 18.4. The molecule has 2 aromatic rings. The molecule has 9 heteroatoms. The van der Waals surface area contributed by atoms with Crippen molar-refractivity contribution in [1.29, 1.82) is 0 Å². The Morgan fingerprint density at radius 2 is 2.03 bits per heavy atom. The molecule has 1 N–H and O–H groups in total. The summed E-state index contributed by atoms with van der Waals surface area (Å²) in [7, 11) is 1.66. The molecule has 1 aromatic heterocycles. The van der Waals surface area contributed by atoms with Crippen LogP contribution < -0.4 is 5.32 Å². The molecule has 29 heavy (non-hydrogen) atoms. The molecule has 0 unspecified atom stereocenters. The summed E-state index contributed by atoms with van der Waals surface area (Å²) in [6.07, 6.45) is 4.23. The summed E-state index contributed by atoms with van der Waals surface area (Å²) in [6.45, 7) is -0.296. The summed E-state index contributed by atoms with van der Waals surface area (Å²) in [5, 5.41) is 5.00. The minimum Gasteiger partial charge on any atom is -0.313 e.